The van der Waals surface area contributed by atoms with Crippen molar-refractivity contribution in [2.75, 3.05) is 17.2 Å². The topological polar surface area (TPSA) is 87.6 Å². The van der Waals surface area contributed by atoms with Crippen LogP contribution in [-0.4, -0.2) is 39.4 Å². The van der Waals surface area contributed by atoms with E-state index in [4.69, 9.17) is 5.11 Å². The maximum absolute atomic E-state index is 12.0. The lowest BCUT2D eigenvalue weighted by atomic mass is 10.1. The second kappa shape index (κ2) is 6.04. The second-order valence-corrected chi connectivity index (χ2v) is 5.78. The van der Waals surface area contributed by atoms with Crippen molar-refractivity contribution in [3.63, 3.8) is 0 Å². The number of carboxylic acids is 1. The van der Waals surface area contributed by atoms with Crippen molar-refractivity contribution in [2.45, 2.75) is 13.3 Å². The number of pyridine rings is 1. The first-order valence-corrected chi connectivity index (χ1v) is 7.09. The highest BCUT2D eigenvalue weighted by Gasteiger charge is 2.31. The summed E-state index contributed by atoms with van der Waals surface area (Å²) in [4.78, 5) is 39.1. The molecule has 2 heterocycles. The molecule has 6 nitrogen and oxygen atoms in total. The van der Waals surface area contributed by atoms with E-state index < -0.39 is 5.97 Å². The number of carbonyl (C=O) groups excluding carboxylic acids is 2. The Kier molecular flexibility index (Phi) is 4.39. The smallest absolute Gasteiger partial charge is 0.354 e. The van der Waals surface area contributed by atoms with Gasteiger partial charge in [-0.3, -0.25) is 9.59 Å². The maximum atomic E-state index is 12.0. The van der Waals surface area contributed by atoms with Gasteiger partial charge < -0.3 is 10.0 Å². The van der Waals surface area contributed by atoms with E-state index in [1.54, 1.807) is 11.0 Å². The summed E-state index contributed by atoms with van der Waals surface area (Å²) in [5.74, 6) is -0.462. The Hall–Kier alpha value is -1.89. The molecule has 1 aliphatic heterocycles. The monoisotopic (exact) mass is 294 g/mol. The fraction of sp³-hybridized carbons (Fsp3) is 0.385. The number of anilines is 1. The van der Waals surface area contributed by atoms with Crippen molar-refractivity contribution >= 4 is 34.4 Å². The Bertz CT molecular complexity index is 561. The molecule has 0 saturated carbocycles. The van der Waals surface area contributed by atoms with Gasteiger partial charge in [-0.1, -0.05) is 11.8 Å². The lowest BCUT2D eigenvalue weighted by Crippen LogP contribution is -2.25. The van der Waals surface area contributed by atoms with Gasteiger partial charge in [0, 0.05) is 37.5 Å². The molecule has 2 rings (SSSR count). The molecule has 0 aromatic carbocycles. The molecule has 0 aliphatic carbocycles. The first-order chi connectivity index (χ1) is 9.47. The quantitative estimate of drug-likeness (QED) is 0.903. The Balaban J connectivity index is 2.09. The summed E-state index contributed by atoms with van der Waals surface area (Å²) in [7, 11) is 0. The molecule has 106 valence electrons. The molecule has 1 saturated heterocycles. The number of carbonyl (C=O) groups is 3. The van der Waals surface area contributed by atoms with Gasteiger partial charge in [0.2, 0.25) is 5.91 Å². The zero-order valence-corrected chi connectivity index (χ0v) is 11.7. The Morgan fingerprint density at radius 1 is 1.55 bits per heavy atom. The Labute approximate surface area is 120 Å². The van der Waals surface area contributed by atoms with Crippen LogP contribution in [0.2, 0.25) is 0 Å². The van der Waals surface area contributed by atoms with Crippen LogP contribution in [0.3, 0.4) is 0 Å². The van der Waals surface area contributed by atoms with Crippen LogP contribution in [0, 0.1) is 5.92 Å². The molecular formula is C13H14N2O4S. The maximum Gasteiger partial charge on any atom is 0.354 e. The lowest BCUT2D eigenvalue weighted by molar-refractivity contribution is -0.117. The van der Waals surface area contributed by atoms with Crippen molar-refractivity contribution in [1.29, 1.82) is 0 Å². The van der Waals surface area contributed by atoms with Crippen LogP contribution in [0.1, 0.15) is 23.8 Å². The molecule has 1 aromatic rings. The van der Waals surface area contributed by atoms with Gasteiger partial charge in [-0.15, -0.1) is 0 Å². The van der Waals surface area contributed by atoms with Gasteiger partial charge in [-0.05, 0) is 18.1 Å². The molecule has 1 aliphatic rings. The van der Waals surface area contributed by atoms with Gasteiger partial charge in [0.1, 0.15) is 5.69 Å². The zero-order chi connectivity index (χ0) is 14.7. The van der Waals surface area contributed by atoms with Crippen molar-refractivity contribution in [2.24, 2.45) is 5.92 Å². The van der Waals surface area contributed by atoms with Crippen LogP contribution in [-0.2, 0) is 9.59 Å². The van der Waals surface area contributed by atoms with E-state index in [0.29, 0.717) is 24.4 Å². The number of aromatic nitrogens is 1. The first-order valence-electron chi connectivity index (χ1n) is 6.10. The standard InChI is InChI=1S/C13H14N2O4S/c1-8(16)20-7-9-4-12(17)15(6-9)10-2-3-14-11(5-10)13(18)19/h2-3,5,9H,4,6-7H2,1H3,(H,18,19). The first kappa shape index (κ1) is 14.5. The fourth-order valence-corrected chi connectivity index (χ4v) is 2.78. The number of amides is 1. The molecule has 1 fully saturated rings. The molecule has 1 N–H and O–H groups in total. The summed E-state index contributed by atoms with van der Waals surface area (Å²) in [6, 6.07) is 3.01. The molecular weight excluding hydrogens is 280 g/mol. The molecule has 1 aromatic heterocycles. The predicted molar refractivity (Wildman–Crippen MR) is 74.8 cm³/mol. The normalized spacial score (nSPS) is 18.4. The molecule has 0 bridgehead atoms. The molecule has 0 spiro atoms. The number of carboxylic acid groups (broad SMARTS) is 1. The molecule has 1 atom stereocenters. The number of aromatic carboxylic acids is 1. The number of hydrogen-bond acceptors (Lipinski definition) is 5. The van der Waals surface area contributed by atoms with E-state index in [1.165, 1.54) is 30.9 Å². The van der Waals surface area contributed by atoms with Crippen molar-refractivity contribution in [3.8, 4) is 0 Å². The van der Waals surface area contributed by atoms with E-state index >= 15 is 0 Å². The third kappa shape index (κ3) is 3.36. The average molecular weight is 294 g/mol. The van der Waals surface area contributed by atoms with Crippen molar-refractivity contribution in [1.82, 2.24) is 4.98 Å². The third-order valence-corrected chi connectivity index (χ3v) is 4.05. The van der Waals surface area contributed by atoms with Crippen LogP contribution < -0.4 is 4.90 Å². The van der Waals surface area contributed by atoms with Crippen LogP contribution in [0.25, 0.3) is 0 Å². The number of hydrogen-bond donors (Lipinski definition) is 1. The molecule has 7 heteroatoms. The highest BCUT2D eigenvalue weighted by Crippen LogP contribution is 2.27. The highest BCUT2D eigenvalue weighted by atomic mass is 32.2. The van der Waals surface area contributed by atoms with Crippen molar-refractivity contribution < 1.29 is 19.5 Å². The third-order valence-electron chi connectivity index (χ3n) is 3.00. The van der Waals surface area contributed by atoms with E-state index in [9.17, 15) is 14.4 Å². The van der Waals surface area contributed by atoms with E-state index in [0.717, 1.165) is 0 Å². The minimum absolute atomic E-state index is 0.0352. The van der Waals surface area contributed by atoms with Crippen LogP contribution in [0.4, 0.5) is 5.69 Å². The molecule has 1 amide bonds. The lowest BCUT2D eigenvalue weighted by Gasteiger charge is -2.16. The summed E-state index contributed by atoms with van der Waals surface area (Å²) < 4.78 is 0. The average Bonchev–Trinajstić information content (AvgIpc) is 2.78. The molecule has 0 radical (unpaired) electrons. The minimum Gasteiger partial charge on any atom is -0.477 e. The molecule has 1 unspecified atom stereocenters. The van der Waals surface area contributed by atoms with Gasteiger partial charge in [0.25, 0.3) is 0 Å². The summed E-state index contributed by atoms with van der Waals surface area (Å²) >= 11 is 1.21. The highest BCUT2D eigenvalue weighted by molar-refractivity contribution is 8.13. The van der Waals surface area contributed by atoms with E-state index in [-0.39, 0.29) is 22.6 Å². The Morgan fingerprint density at radius 2 is 2.30 bits per heavy atom. The van der Waals surface area contributed by atoms with Gasteiger partial charge >= 0.3 is 5.97 Å². The summed E-state index contributed by atoms with van der Waals surface area (Å²) in [6.07, 6.45) is 1.76. The predicted octanol–water partition coefficient (Wildman–Crippen LogP) is 1.41. The number of nitrogens with zero attached hydrogens (tertiary/aromatic N) is 2. The van der Waals surface area contributed by atoms with Crippen LogP contribution in [0.15, 0.2) is 18.3 Å². The van der Waals surface area contributed by atoms with Crippen LogP contribution >= 0.6 is 11.8 Å². The largest absolute Gasteiger partial charge is 0.477 e. The zero-order valence-electron chi connectivity index (χ0n) is 10.9. The second-order valence-electron chi connectivity index (χ2n) is 4.58. The summed E-state index contributed by atoms with van der Waals surface area (Å²) in [5.41, 5.74) is 0.453. The SMILES string of the molecule is CC(=O)SCC1CC(=O)N(c2ccnc(C(=O)O)c2)C1. The van der Waals surface area contributed by atoms with E-state index in [1.807, 2.05) is 0 Å². The number of rotatable bonds is 4. The Morgan fingerprint density at radius 3 is 2.95 bits per heavy atom. The summed E-state index contributed by atoms with van der Waals surface area (Å²) in [5, 5.41) is 8.94. The fourth-order valence-electron chi connectivity index (χ4n) is 2.08. The number of thioether (sulfide) groups is 1. The van der Waals surface area contributed by atoms with Crippen LogP contribution in [0.5, 0.6) is 0 Å². The minimum atomic E-state index is -1.12. The van der Waals surface area contributed by atoms with Gasteiger partial charge in [-0.2, -0.15) is 0 Å². The summed E-state index contributed by atoms with van der Waals surface area (Å²) in [6.45, 7) is 2.00. The van der Waals surface area contributed by atoms with Gasteiger partial charge in [-0.25, -0.2) is 9.78 Å². The van der Waals surface area contributed by atoms with Gasteiger partial charge in [0.05, 0.1) is 0 Å². The van der Waals surface area contributed by atoms with Gasteiger partial charge in [0.15, 0.2) is 5.12 Å². The van der Waals surface area contributed by atoms with E-state index in [2.05, 4.69) is 4.98 Å². The van der Waals surface area contributed by atoms with Crippen molar-refractivity contribution in [3.05, 3.63) is 24.0 Å². The molecule has 20 heavy (non-hydrogen) atoms.